The highest BCUT2D eigenvalue weighted by molar-refractivity contribution is 9.10. The zero-order valence-electron chi connectivity index (χ0n) is 18.5. The molecule has 2 aromatic heterocycles. The first-order chi connectivity index (χ1) is 15.6. The molecular weight excluding hydrogens is 466 g/mol. The average molecular weight is 494 g/mol. The second-order valence-corrected chi connectivity index (χ2v) is 8.92. The Morgan fingerprint density at radius 2 is 1.81 bits per heavy atom. The second kappa shape index (κ2) is 10.2. The monoisotopic (exact) mass is 493 g/mol. The third kappa shape index (κ3) is 4.84. The summed E-state index contributed by atoms with van der Waals surface area (Å²) in [5.74, 6) is 0.781. The average Bonchev–Trinajstić information content (AvgIpc) is 3.28. The van der Waals surface area contributed by atoms with Gasteiger partial charge in [-0.2, -0.15) is 5.10 Å². The quantitative estimate of drug-likeness (QED) is 0.343. The molecule has 0 bridgehead atoms. The van der Waals surface area contributed by atoms with Crippen molar-refractivity contribution in [2.75, 3.05) is 6.54 Å². The van der Waals surface area contributed by atoms with E-state index in [-0.39, 0.29) is 11.6 Å². The maximum absolute atomic E-state index is 13.5. The molecule has 0 aliphatic rings. The van der Waals surface area contributed by atoms with Gasteiger partial charge in [0.05, 0.1) is 18.8 Å². The van der Waals surface area contributed by atoms with E-state index < -0.39 is 0 Å². The van der Waals surface area contributed by atoms with Crippen molar-refractivity contribution < 1.29 is 0 Å². The van der Waals surface area contributed by atoms with Gasteiger partial charge in [0.1, 0.15) is 11.2 Å². The Kier molecular flexibility index (Phi) is 7.17. The fourth-order valence-corrected chi connectivity index (χ4v) is 4.44. The molecule has 1 unspecified atom stereocenters. The molecule has 2 aromatic carbocycles. The Bertz CT molecular complexity index is 1220. The van der Waals surface area contributed by atoms with Crippen molar-refractivity contribution in [2.24, 2.45) is 0 Å². The molecule has 6 nitrogen and oxygen atoms in total. The summed E-state index contributed by atoms with van der Waals surface area (Å²) >= 11 is 3.52. The lowest BCUT2D eigenvalue weighted by Crippen LogP contribution is -2.35. The molecule has 4 rings (SSSR count). The van der Waals surface area contributed by atoms with Gasteiger partial charge in [0.25, 0.3) is 5.56 Å². The number of hydrogen-bond donors (Lipinski definition) is 1. The number of H-pyrrole nitrogens is 1. The van der Waals surface area contributed by atoms with Crippen molar-refractivity contribution in [2.45, 2.75) is 45.8 Å². The first-order valence-corrected chi connectivity index (χ1v) is 11.9. The number of benzene rings is 2. The van der Waals surface area contributed by atoms with Crippen molar-refractivity contribution in [1.82, 2.24) is 24.6 Å². The van der Waals surface area contributed by atoms with Crippen LogP contribution in [0.15, 0.2) is 70.1 Å². The molecule has 1 atom stereocenters. The van der Waals surface area contributed by atoms with Gasteiger partial charge in [0.15, 0.2) is 5.65 Å². The highest BCUT2D eigenvalue weighted by Crippen LogP contribution is 2.26. The molecule has 0 amide bonds. The van der Waals surface area contributed by atoms with Crippen LogP contribution in [0.5, 0.6) is 0 Å². The van der Waals surface area contributed by atoms with Gasteiger partial charge in [-0.15, -0.1) is 0 Å². The minimum Gasteiger partial charge on any atom is -0.290 e. The van der Waals surface area contributed by atoms with E-state index in [2.05, 4.69) is 69.1 Å². The fourth-order valence-electron chi connectivity index (χ4n) is 4.18. The van der Waals surface area contributed by atoms with E-state index in [1.807, 2.05) is 34.9 Å². The predicted molar refractivity (Wildman–Crippen MR) is 132 cm³/mol. The first-order valence-electron chi connectivity index (χ1n) is 11.1. The van der Waals surface area contributed by atoms with Gasteiger partial charge in [-0.1, -0.05) is 72.2 Å². The van der Waals surface area contributed by atoms with E-state index in [4.69, 9.17) is 4.98 Å². The molecular formula is C25H28BrN5O. The normalized spacial score (nSPS) is 12.5. The molecule has 0 aliphatic heterocycles. The molecule has 0 saturated heterocycles. The van der Waals surface area contributed by atoms with Crippen LogP contribution in [0.1, 0.15) is 49.7 Å². The predicted octanol–water partition coefficient (Wildman–Crippen LogP) is 5.29. The van der Waals surface area contributed by atoms with Crippen molar-refractivity contribution in [1.29, 1.82) is 0 Å². The standard InChI is InChI=1S/C25H28BrN5O/c1-3-14-30(16-19-10-12-20(26)13-11-19)22(4-2)24-28-23-21(15-27-29-23)25(32)31(24)17-18-8-6-5-7-9-18/h5-13,15,22H,3-4,14,16-17H2,1-2H3,(H,27,29). The van der Waals surface area contributed by atoms with Gasteiger partial charge in [0, 0.05) is 11.0 Å². The maximum atomic E-state index is 13.5. The van der Waals surface area contributed by atoms with Crippen LogP contribution < -0.4 is 5.56 Å². The number of rotatable bonds is 9. The van der Waals surface area contributed by atoms with E-state index in [1.54, 1.807) is 6.20 Å². The molecule has 0 radical (unpaired) electrons. The highest BCUT2D eigenvalue weighted by Gasteiger charge is 2.25. The second-order valence-electron chi connectivity index (χ2n) is 8.00. The first kappa shape index (κ1) is 22.4. The number of aromatic nitrogens is 4. The number of fused-ring (bicyclic) bond motifs is 1. The number of hydrogen-bond acceptors (Lipinski definition) is 4. The van der Waals surface area contributed by atoms with Crippen molar-refractivity contribution in [3.63, 3.8) is 0 Å². The summed E-state index contributed by atoms with van der Waals surface area (Å²) in [5, 5.41) is 7.50. The van der Waals surface area contributed by atoms with E-state index >= 15 is 0 Å². The van der Waals surface area contributed by atoms with Gasteiger partial charge in [-0.3, -0.25) is 19.4 Å². The van der Waals surface area contributed by atoms with Crippen molar-refractivity contribution >= 4 is 27.0 Å². The molecule has 7 heteroatoms. The maximum Gasteiger partial charge on any atom is 0.265 e. The zero-order chi connectivity index (χ0) is 22.5. The Balaban J connectivity index is 1.79. The lowest BCUT2D eigenvalue weighted by molar-refractivity contribution is 0.171. The van der Waals surface area contributed by atoms with Crippen LogP contribution in [-0.4, -0.2) is 31.2 Å². The van der Waals surface area contributed by atoms with Crippen LogP contribution in [0.3, 0.4) is 0 Å². The van der Waals surface area contributed by atoms with Crippen LogP contribution in [-0.2, 0) is 13.1 Å². The Hall–Kier alpha value is -2.77. The molecule has 4 aromatic rings. The van der Waals surface area contributed by atoms with E-state index in [0.717, 1.165) is 41.8 Å². The fraction of sp³-hybridized carbons (Fsp3) is 0.320. The van der Waals surface area contributed by atoms with Gasteiger partial charge in [-0.25, -0.2) is 4.98 Å². The SMILES string of the molecule is CCCN(Cc1ccc(Br)cc1)C(CC)c1nc2[nH]ncc2c(=O)n1Cc1ccccc1. The lowest BCUT2D eigenvalue weighted by Gasteiger charge is -2.32. The van der Waals surface area contributed by atoms with E-state index in [1.165, 1.54) is 5.56 Å². The molecule has 0 fully saturated rings. The Labute approximate surface area is 196 Å². The summed E-state index contributed by atoms with van der Waals surface area (Å²) in [6.07, 6.45) is 3.43. The van der Waals surface area contributed by atoms with Gasteiger partial charge >= 0.3 is 0 Å². The number of nitrogens with zero attached hydrogens (tertiary/aromatic N) is 4. The molecule has 166 valence electrons. The topological polar surface area (TPSA) is 66.8 Å². The third-order valence-corrected chi connectivity index (χ3v) is 6.25. The number of aromatic amines is 1. The molecule has 32 heavy (non-hydrogen) atoms. The highest BCUT2D eigenvalue weighted by atomic mass is 79.9. The van der Waals surface area contributed by atoms with Crippen LogP contribution in [0, 0.1) is 0 Å². The summed E-state index contributed by atoms with van der Waals surface area (Å²) < 4.78 is 2.89. The third-order valence-electron chi connectivity index (χ3n) is 5.72. The Morgan fingerprint density at radius 1 is 1.06 bits per heavy atom. The van der Waals surface area contributed by atoms with Crippen molar-refractivity contribution in [3.05, 3.63) is 92.6 Å². The molecule has 2 heterocycles. The summed E-state index contributed by atoms with van der Waals surface area (Å²) in [4.78, 5) is 20.8. The number of halogens is 1. The molecule has 1 N–H and O–H groups in total. The van der Waals surface area contributed by atoms with E-state index in [9.17, 15) is 4.79 Å². The zero-order valence-corrected chi connectivity index (χ0v) is 20.0. The minimum absolute atomic E-state index is 0.00251. The van der Waals surface area contributed by atoms with Crippen molar-refractivity contribution in [3.8, 4) is 0 Å². The van der Waals surface area contributed by atoms with Gasteiger partial charge in [0.2, 0.25) is 0 Å². The number of nitrogens with one attached hydrogen (secondary N) is 1. The summed E-state index contributed by atoms with van der Waals surface area (Å²) in [5.41, 5.74) is 2.80. The van der Waals surface area contributed by atoms with E-state index in [0.29, 0.717) is 17.6 Å². The van der Waals surface area contributed by atoms with Crippen LogP contribution in [0.25, 0.3) is 11.0 Å². The lowest BCUT2D eigenvalue weighted by atomic mass is 10.1. The van der Waals surface area contributed by atoms with Crippen LogP contribution in [0.2, 0.25) is 0 Å². The van der Waals surface area contributed by atoms with Crippen LogP contribution in [0.4, 0.5) is 0 Å². The molecule has 0 aliphatic carbocycles. The molecule has 0 spiro atoms. The summed E-state index contributed by atoms with van der Waals surface area (Å²) in [7, 11) is 0. The van der Waals surface area contributed by atoms with Crippen LogP contribution >= 0.6 is 15.9 Å². The Morgan fingerprint density at radius 3 is 2.50 bits per heavy atom. The van der Waals surface area contributed by atoms with Gasteiger partial charge in [-0.05, 0) is 42.6 Å². The largest absolute Gasteiger partial charge is 0.290 e. The smallest absolute Gasteiger partial charge is 0.265 e. The summed E-state index contributed by atoms with van der Waals surface area (Å²) in [6, 6.07) is 18.5. The summed E-state index contributed by atoms with van der Waals surface area (Å²) in [6.45, 7) is 6.53. The molecule has 0 saturated carbocycles. The van der Waals surface area contributed by atoms with Gasteiger partial charge < -0.3 is 0 Å². The minimum atomic E-state index is -0.0545.